The van der Waals surface area contributed by atoms with E-state index in [4.69, 9.17) is 23.2 Å². The van der Waals surface area contributed by atoms with Crippen LogP contribution in [0.15, 0.2) is 12.1 Å². The summed E-state index contributed by atoms with van der Waals surface area (Å²) in [6.45, 7) is 4.55. The van der Waals surface area contributed by atoms with Crippen LogP contribution in [-0.2, 0) is 6.54 Å². The van der Waals surface area contributed by atoms with Gasteiger partial charge in [0.05, 0.1) is 12.1 Å². The zero-order chi connectivity index (χ0) is 14.0. The van der Waals surface area contributed by atoms with Crippen molar-refractivity contribution >= 4 is 40.4 Å². The number of carbonyl (C=O) groups is 1. The summed E-state index contributed by atoms with van der Waals surface area (Å²) in [5.74, 6) is -0.314. The van der Waals surface area contributed by atoms with E-state index in [2.05, 4.69) is 28.5 Å². The van der Waals surface area contributed by atoms with E-state index in [0.717, 1.165) is 4.88 Å². The molecule has 2 heterocycles. The van der Waals surface area contributed by atoms with Crippen molar-refractivity contribution < 1.29 is 4.79 Å². The number of aromatic nitrogens is 2. The molecule has 4 nitrogen and oxygen atoms in total. The number of hydrogen-bond acceptors (Lipinski definition) is 4. The van der Waals surface area contributed by atoms with Gasteiger partial charge < -0.3 is 5.32 Å². The molecule has 0 aliphatic carbocycles. The number of rotatable bonds is 3. The van der Waals surface area contributed by atoms with Crippen molar-refractivity contribution in [1.82, 2.24) is 15.5 Å². The fourth-order valence-electron chi connectivity index (χ4n) is 1.51. The zero-order valence-electron chi connectivity index (χ0n) is 10.3. The van der Waals surface area contributed by atoms with Crippen molar-refractivity contribution in [2.75, 3.05) is 0 Å². The summed E-state index contributed by atoms with van der Waals surface area (Å²) in [7, 11) is 0. The lowest BCUT2D eigenvalue weighted by Crippen LogP contribution is -2.23. The Morgan fingerprint density at radius 3 is 2.68 bits per heavy atom. The van der Waals surface area contributed by atoms with E-state index in [1.165, 1.54) is 16.5 Å². The number of amides is 1. The third-order valence-corrected chi connectivity index (χ3v) is 4.22. The van der Waals surface area contributed by atoms with E-state index in [-0.39, 0.29) is 21.8 Å². The zero-order valence-corrected chi connectivity index (χ0v) is 12.7. The number of halogens is 2. The van der Waals surface area contributed by atoms with Crippen LogP contribution in [-0.4, -0.2) is 16.1 Å². The first-order valence-electron chi connectivity index (χ1n) is 5.50. The summed E-state index contributed by atoms with van der Waals surface area (Å²) in [4.78, 5) is 14.3. The van der Waals surface area contributed by atoms with Crippen molar-refractivity contribution in [3.05, 3.63) is 43.3 Å². The largest absolute Gasteiger partial charge is 0.347 e. The summed E-state index contributed by atoms with van der Waals surface area (Å²) in [5.41, 5.74) is 1.45. The van der Waals surface area contributed by atoms with Gasteiger partial charge in [-0.15, -0.1) is 21.5 Å². The topological polar surface area (TPSA) is 54.9 Å². The summed E-state index contributed by atoms with van der Waals surface area (Å²) >= 11 is 13.2. The highest BCUT2D eigenvalue weighted by Gasteiger charge is 2.13. The maximum absolute atomic E-state index is 12.0. The first-order valence-corrected chi connectivity index (χ1v) is 7.07. The normalized spacial score (nSPS) is 10.5. The second-order valence-electron chi connectivity index (χ2n) is 4.01. The van der Waals surface area contributed by atoms with E-state index in [1.54, 1.807) is 11.3 Å². The molecule has 19 heavy (non-hydrogen) atoms. The fraction of sp³-hybridized carbons (Fsp3) is 0.250. The molecule has 7 heteroatoms. The second kappa shape index (κ2) is 5.86. The van der Waals surface area contributed by atoms with E-state index >= 15 is 0 Å². The second-order valence-corrected chi connectivity index (χ2v) is 6.09. The van der Waals surface area contributed by atoms with Crippen molar-refractivity contribution in [3.63, 3.8) is 0 Å². The van der Waals surface area contributed by atoms with Crippen LogP contribution >= 0.6 is 34.5 Å². The molecule has 0 fully saturated rings. The molecule has 0 spiro atoms. The van der Waals surface area contributed by atoms with Gasteiger partial charge in [0.25, 0.3) is 5.91 Å². The maximum atomic E-state index is 12.0. The van der Waals surface area contributed by atoms with Gasteiger partial charge in [0.1, 0.15) is 0 Å². The molecule has 0 aromatic carbocycles. The Morgan fingerprint density at radius 1 is 1.32 bits per heavy atom. The van der Waals surface area contributed by atoms with Crippen LogP contribution in [0.5, 0.6) is 0 Å². The van der Waals surface area contributed by atoms with Gasteiger partial charge in [-0.1, -0.05) is 23.2 Å². The van der Waals surface area contributed by atoms with E-state index in [1.807, 2.05) is 6.92 Å². The van der Waals surface area contributed by atoms with Crippen LogP contribution in [0.2, 0.25) is 10.3 Å². The molecule has 0 saturated carbocycles. The van der Waals surface area contributed by atoms with Crippen LogP contribution in [0.1, 0.15) is 25.7 Å². The molecule has 0 unspecified atom stereocenters. The Bertz CT molecular complexity index is 608. The number of aryl methyl sites for hydroxylation is 2. The SMILES string of the molecule is Cc1cc(CNC(=O)c2cc(Cl)nnc2Cl)sc1C. The van der Waals surface area contributed by atoms with Gasteiger partial charge in [0.2, 0.25) is 0 Å². The van der Waals surface area contributed by atoms with Gasteiger partial charge in [-0.3, -0.25) is 4.79 Å². The fourth-order valence-corrected chi connectivity index (χ4v) is 2.83. The van der Waals surface area contributed by atoms with Gasteiger partial charge in [-0.25, -0.2) is 0 Å². The Hall–Kier alpha value is -1.17. The first kappa shape index (κ1) is 14.2. The van der Waals surface area contributed by atoms with Crippen LogP contribution in [0, 0.1) is 13.8 Å². The van der Waals surface area contributed by atoms with Gasteiger partial charge in [-0.2, -0.15) is 0 Å². The number of hydrogen-bond donors (Lipinski definition) is 1. The third-order valence-electron chi connectivity index (χ3n) is 2.60. The Kier molecular flexibility index (Phi) is 4.39. The third kappa shape index (κ3) is 3.43. The Morgan fingerprint density at radius 2 is 2.05 bits per heavy atom. The molecule has 1 N–H and O–H groups in total. The molecule has 2 aromatic rings. The molecule has 1 amide bonds. The number of nitrogens with zero attached hydrogens (tertiary/aromatic N) is 2. The van der Waals surface area contributed by atoms with E-state index < -0.39 is 0 Å². The molecular formula is C12H11Cl2N3OS. The molecule has 0 bridgehead atoms. The molecule has 0 radical (unpaired) electrons. The lowest BCUT2D eigenvalue weighted by molar-refractivity contribution is 0.0951. The van der Waals surface area contributed by atoms with Gasteiger partial charge in [0.15, 0.2) is 10.3 Å². The first-order chi connectivity index (χ1) is 8.97. The molecule has 2 aromatic heterocycles. The predicted octanol–water partition coefficient (Wildman–Crippen LogP) is 3.39. The number of thiophene rings is 1. The summed E-state index contributed by atoms with van der Waals surface area (Å²) < 4.78 is 0. The smallest absolute Gasteiger partial charge is 0.254 e. The minimum absolute atomic E-state index is 0.0421. The van der Waals surface area contributed by atoms with Gasteiger partial charge in [0, 0.05) is 9.75 Å². The van der Waals surface area contributed by atoms with Crippen LogP contribution < -0.4 is 5.32 Å². The highest BCUT2D eigenvalue weighted by Crippen LogP contribution is 2.21. The minimum Gasteiger partial charge on any atom is -0.347 e. The van der Waals surface area contributed by atoms with E-state index in [9.17, 15) is 4.79 Å². The predicted molar refractivity (Wildman–Crippen MR) is 77.0 cm³/mol. The quantitative estimate of drug-likeness (QED) is 0.944. The number of carbonyl (C=O) groups excluding carboxylic acids is 1. The molecule has 0 atom stereocenters. The van der Waals surface area contributed by atoms with Crippen LogP contribution in [0.3, 0.4) is 0 Å². The lowest BCUT2D eigenvalue weighted by Gasteiger charge is -2.04. The van der Waals surface area contributed by atoms with Crippen molar-refractivity contribution in [2.24, 2.45) is 0 Å². The summed E-state index contributed by atoms with van der Waals surface area (Å²) in [6.07, 6.45) is 0. The van der Waals surface area contributed by atoms with Crippen molar-refractivity contribution in [1.29, 1.82) is 0 Å². The Labute approximate surface area is 124 Å². The van der Waals surface area contributed by atoms with Crippen LogP contribution in [0.4, 0.5) is 0 Å². The summed E-state index contributed by atoms with van der Waals surface area (Å²) in [5, 5.41) is 10.1. The van der Waals surface area contributed by atoms with Gasteiger partial charge >= 0.3 is 0 Å². The Balaban J connectivity index is 2.07. The minimum atomic E-state index is -0.314. The van der Waals surface area contributed by atoms with Crippen LogP contribution in [0.25, 0.3) is 0 Å². The van der Waals surface area contributed by atoms with Crippen molar-refractivity contribution in [2.45, 2.75) is 20.4 Å². The highest BCUT2D eigenvalue weighted by molar-refractivity contribution is 7.12. The maximum Gasteiger partial charge on any atom is 0.254 e. The standard InChI is InChI=1S/C12H11Cl2N3OS/c1-6-3-8(19-7(6)2)5-15-12(18)9-4-10(13)16-17-11(9)14/h3-4H,5H2,1-2H3,(H,15,18). The summed E-state index contributed by atoms with van der Waals surface area (Å²) in [6, 6.07) is 3.46. The lowest BCUT2D eigenvalue weighted by atomic mass is 10.2. The van der Waals surface area contributed by atoms with Crippen molar-refractivity contribution in [3.8, 4) is 0 Å². The monoisotopic (exact) mass is 315 g/mol. The van der Waals surface area contributed by atoms with E-state index in [0.29, 0.717) is 6.54 Å². The average Bonchev–Trinajstić information content (AvgIpc) is 2.69. The molecule has 0 aliphatic rings. The molecular weight excluding hydrogens is 305 g/mol. The van der Waals surface area contributed by atoms with Gasteiger partial charge in [-0.05, 0) is 31.5 Å². The molecule has 0 aliphatic heterocycles. The molecule has 0 saturated heterocycles. The molecule has 2 rings (SSSR count). The highest BCUT2D eigenvalue weighted by atomic mass is 35.5. The number of nitrogens with one attached hydrogen (secondary N) is 1. The average molecular weight is 316 g/mol. The molecule has 100 valence electrons.